The molecule has 0 radical (unpaired) electrons. The number of terminal acetylenes is 1. The van der Waals surface area contributed by atoms with Crippen LogP contribution in [0.25, 0.3) is 0 Å². The molecule has 2 amide bonds. The molecular weight excluding hydrogens is 489 g/mol. The van der Waals surface area contributed by atoms with Gasteiger partial charge in [-0.2, -0.15) is 5.10 Å². The first-order chi connectivity index (χ1) is 15.7. The van der Waals surface area contributed by atoms with Gasteiger partial charge in [-0.1, -0.05) is 54.6 Å². The van der Waals surface area contributed by atoms with Gasteiger partial charge in [0, 0.05) is 5.56 Å². The van der Waals surface area contributed by atoms with Gasteiger partial charge in [0.2, 0.25) is 0 Å². The summed E-state index contributed by atoms with van der Waals surface area (Å²) in [5, 5.41) is 7.48. The van der Waals surface area contributed by atoms with Crippen molar-refractivity contribution >= 4 is 52.8 Å². The summed E-state index contributed by atoms with van der Waals surface area (Å²) in [6.07, 6.45) is 6.59. The fourth-order valence-corrected chi connectivity index (χ4v) is 3.28. The van der Waals surface area contributed by atoms with Crippen molar-refractivity contribution in [1.29, 1.82) is 0 Å². The van der Waals surface area contributed by atoms with E-state index in [9.17, 15) is 9.59 Å². The Hall–Kier alpha value is -2.92. The summed E-state index contributed by atoms with van der Waals surface area (Å²) in [4.78, 5) is 25.2. The summed E-state index contributed by atoms with van der Waals surface area (Å²) in [6, 6.07) is 6.82. The van der Waals surface area contributed by atoms with Crippen molar-refractivity contribution in [2.24, 2.45) is 11.0 Å². The number of carbonyl (C=O) groups excluding carboxylic acids is 2. The van der Waals surface area contributed by atoms with Gasteiger partial charge in [0.25, 0.3) is 11.8 Å². The van der Waals surface area contributed by atoms with Crippen molar-refractivity contribution in [2.45, 2.75) is 19.9 Å². The topological polar surface area (TPSA) is 89.0 Å². The van der Waals surface area contributed by atoms with Gasteiger partial charge >= 0.3 is 0 Å². The van der Waals surface area contributed by atoms with Gasteiger partial charge in [-0.3, -0.25) is 9.59 Å². The lowest BCUT2D eigenvalue weighted by molar-refractivity contribution is -0.123. The lowest BCUT2D eigenvalue weighted by atomic mass is 10.0. The van der Waals surface area contributed by atoms with Crippen LogP contribution in [-0.4, -0.2) is 37.8 Å². The number of ether oxygens (including phenoxy) is 2. The molecule has 0 saturated heterocycles. The molecule has 0 spiro atoms. The molecule has 2 aromatic carbocycles. The van der Waals surface area contributed by atoms with Gasteiger partial charge in [-0.05, 0) is 41.8 Å². The SMILES string of the molecule is C#CCOc1c(Cl)cc(C=NNC(=O)C(NC(=O)c2ccc(Cl)c(Cl)c2)C(C)C)cc1OC. The number of nitrogens with zero attached hydrogens (tertiary/aromatic N) is 1. The van der Waals surface area contributed by atoms with E-state index in [0.717, 1.165) is 0 Å². The van der Waals surface area contributed by atoms with Crippen LogP contribution in [0.3, 0.4) is 0 Å². The third kappa shape index (κ3) is 7.29. The molecule has 0 aromatic heterocycles. The van der Waals surface area contributed by atoms with Crippen molar-refractivity contribution in [3.05, 3.63) is 56.5 Å². The number of halogens is 3. The number of benzene rings is 2. The highest BCUT2D eigenvalue weighted by molar-refractivity contribution is 6.42. The van der Waals surface area contributed by atoms with Gasteiger partial charge in [-0.15, -0.1) is 6.42 Å². The monoisotopic (exact) mass is 509 g/mol. The van der Waals surface area contributed by atoms with E-state index in [-0.39, 0.29) is 28.1 Å². The van der Waals surface area contributed by atoms with E-state index in [1.54, 1.807) is 26.0 Å². The second-order valence-corrected chi connectivity index (χ2v) is 8.31. The van der Waals surface area contributed by atoms with E-state index in [4.69, 9.17) is 50.7 Å². The Kier molecular flexibility index (Phi) is 9.86. The van der Waals surface area contributed by atoms with Crippen LogP contribution < -0.4 is 20.2 Å². The van der Waals surface area contributed by atoms with Crippen LogP contribution in [0.1, 0.15) is 29.8 Å². The fourth-order valence-electron chi connectivity index (χ4n) is 2.71. The van der Waals surface area contributed by atoms with Crippen LogP contribution in [0.4, 0.5) is 0 Å². The number of nitrogens with one attached hydrogen (secondary N) is 2. The number of amides is 2. The highest BCUT2D eigenvalue weighted by atomic mass is 35.5. The molecule has 174 valence electrons. The first-order valence-electron chi connectivity index (χ1n) is 9.70. The van der Waals surface area contributed by atoms with E-state index in [1.165, 1.54) is 31.5 Å². The Bertz CT molecular complexity index is 1100. The van der Waals surface area contributed by atoms with Crippen molar-refractivity contribution < 1.29 is 19.1 Å². The third-order valence-electron chi connectivity index (χ3n) is 4.36. The first-order valence-corrected chi connectivity index (χ1v) is 10.8. The predicted octanol–water partition coefficient (Wildman–Crippen LogP) is 4.57. The molecule has 0 fully saturated rings. The Balaban J connectivity index is 2.10. The second kappa shape index (κ2) is 12.4. The molecule has 0 aliphatic carbocycles. The molecule has 10 heteroatoms. The Morgan fingerprint density at radius 1 is 1.15 bits per heavy atom. The average molecular weight is 511 g/mol. The quantitative estimate of drug-likeness (QED) is 0.294. The summed E-state index contributed by atoms with van der Waals surface area (Å²) in [5.41, 5.74) is 3.25. The Morgan fingerprint density at radius 2 is 1.88 bits per heavy atom. The highest BCUT2D eigenvalue weighted by Crippen LogP contribution is 2.36. The number of hydrazone groups is 1. The second-order valence-electron chi connectivity index (χ2n) is 7.09. The van der Waals surface area contributed by atoms with Gasteiger partial charge in [-0.25, -0.2) is 5.43 Å². The standard InChI is InChI=1S/C23H22Cl3N3O4/c1-5-8-33-21-18(26)9-14(10-19(21)32-4)12-27-29-23(31)20(13(2)3)28-22(30)15-6-7-16(24)17(25)11-15/h1,6-7,9-13,20H,8H2,2-4H3,(H,28,30)(H,29,31). The first kappa shape index (κ1) is 26.3. The summed E-state index contributed by atoms with van der Waals surface area (Å²) < 4.78 is 10.7. The Morgan fingerprint density at radius 3 is 2.48 bits per heavy atom. The van der Waals surface area contributed by atoms with E-state index >= 15 is 0 Å². The molecule has 33 heavy (non-hydrogen) atoms. The molecule has 0 saturated carbocycles. The maximum Gasteiger partial charge on any atom is 0.262 e. The van der Waals surface area contributed by atoms with E-state index < -0.39 is 17.9 Å². The molecule has 1 atom stereocenters. The highest BCUT2D eigenvalue weighted by Gasteiger charge is 2.24. The van der Waals surface area contributed by atoms with Crippen LogP contribution in [-0.2, 0) is 4.79 Å². The largest absolute Gasteiger partial charge is 0.493 e. The number of hydrogen-bond donors (Lipinski definition) is 2. The normalized spacial score (nSPS) is 11.7. The minimum absolute atomic E-state index is 0.0319. The van der Waals surface area contributed by atoms with Crippen molar-refractivity contribution in [2.75, 3.05) is 13.7 Å². The molecule has 7 nitrogen and oxygen atoms in total. The number of hydrogen-bond acceptors (Lipinski definition) is 5. The van der Waals surface area contributed by atoms with Gasteiger partial charge in [0.1, 0.15) is 12.6 Å². The molecule has 2 aromatic rings. The average Bonchev–Trinajstić information content (AvgIpc) is 2.77. The molecule has 0 aliphatic heterocycles. The van der Waals surface area contributed by atoms with E-state index in [0.29, 0.717) is 22.1 Å². The number of carbonyl (C=O) groups is 2. The smallest absolute Gasteiger partial charge is 0.262 e. The van der Waals surface area contributed by atoms with Crippen LogP contribution in [0.5, 0.6) is 11.5 Å². The van der Waals surface area contributed by atoms with Crippen LogP contribution in [0, 0.1) is 18.3 Å². The van der Waals surface area contributed by atoms with Gasteiger partial charge in [0.05, 0.1) is 28.4 Å². The molecule has 0 heterocycles. The zero-order valence-electron chi connectivity index (χ0n) is 18.1. The third-order valence-corrected chi connectivity index (χ3v) is 5.38. The predicted molar refractivity (Wildman–Crippen MR) is 131 cm³/mol. The van der Waals surface area contributed by atoms with Crippen molar-refractivity contribution in [3.8, 4) is 23.8 Å². The number of rotatable bonds is 9. The van der Waals surface area contributed by atoms with Gasteiger partial charge < -0.3 is 14.8 Å². The fraction of sp³-hybridized carbons (Fsp3) is 0.261. The zero-order valence-corrected chi connectivity index (χ0v) is 20.4. The van der Waals surface area contributed by atoms with Crippen LogP contribution in [0.15, 0.2) is 35.4 Å². The summed E-state index contributed by atoms with van der Waals surface area (Å²) in [7, 11) is 1.46. The minimum atomic E-state index is -0.846. The lowest BCUT2D eigenvalue weighted by Gasteiger charge is -2.20. The van der Waals surface area contributed by atoms with E-state index in [2.05, 4.69) is 21.8 Å². The summed E-state index contributed by atoms with van der Waals surface area (Å²) >= 11 is 18.1. The summed E-state index contributed by atoms with van der Waals surface area (Å²) in [6.45, 7) is 3.62. The van der Waals surface area contributed by atoms with Gasteiger partial charge in [0.15, 0.2) is 11.5 Å². The van der Waals surface area contributed by atoms with E-state index in [1.807, 2.05) is 0 Å². The maximum absolute atomic E-state index is 12.6. The Labute approximate surface area is 207 Å². The zero-order chi connectivity index (χ0) is 24.5. The summed E-state index contributed by atoms with van der Waals surface area (Å²) in [5.74, 6) is 1.84. The van der Waals surface area contributed by atoms with Crippen molar-refractivity contribution in [1.82, 2.24) is 10.7 Å². The van der Waals surface area contributed by atoms with Crippen LogP contribution >= 0.6 is 34.8 Å². The molecule has 1 unspecified atom stereocenters. The molecule has 2 rings (SSSR count). The van der Waals surface area contributed by atoms with Crippen molar-refractivity contribution in [3.63, 3.8) is 0 Å². The maximum atomic E-state index is 12.6. The number of methoxy groups -OCH3 is 1. The molecule has 0 aliphatic rings. The molecule has 2 N–H and O–H groups in total. The molecular formula is C23H22Cl3N3O4. The lowest BCUT2D eigenvalue weighted by Crippen LogP contribution is -2.48. The minimum Gasteiger partial charge on any atom is -0.493 e. The van der Waals surface area contributed by atoms with Crippen LogP contribution in [0.2, 0.25) is 15.1 Å². The molecule has 0 bridgehead atoms.